The van der Waals surface area contributed by atoms with Crippen molar-refractivity contribution in [2.45, 2.75) is 20.4 Å². The van der Waals surface area contributed by atoms with Gasteiger partial charge in [-0.3, -0.25) is 14.5 Å². The van der Waals surface area contributed by atoms with E-state index in [0.29, 0.717) is 49.9 Å². The van der Waals surface area contributed by atoms with Gasteiger partial charge >= 0.3 is 0 Å². The SMILES string of the molecule is CCn1nc(-c2ncc(-c3cc(C)ccn3)cn2)c2cc(C(=O)N3CCOCC3)ccc21. The molecule has 162 valence electrons. The van der Waals surface area contributed by atoms with Crippen molar-refractivity contribution in [2.75, 3.05) is 26.3 Å². The molecule has 0 spiro atoms. The number of pyridine rings is 1. The molecule has 3 aromatic heterocycles. The standard InChI is InChI=1S/C24H24N6O2/c1-3-30-21-5-4-17(24(31)29-8-10-32-11-9-29)13-19(21)22(28-30)23-26-14-18(15-27-23)20-12-16(2)6-7-25-20/h4-7,12-15H,3,8-11H2,1-2H3. The number of benzene rings is 1. The normalized spacial score (nSPS) is 14.1. The Hall–Kier alpha value is -3.65. The van der Waals surface area contributed by atoms with E-state index in [2.05, 4.69) is 15.0 Å². The Morgan fingerprint density at radius 1 is 1.06 bits per heavy atom. The van der Waals surface area contributed by atoms with Gasteiger partial charge in [-0.05, 0) is 49.7 Å². The first-order valence-electron chi connectivity index (χ1n) is 10.8. The molecular weight excluding hydrogens is 404 g/mol. The van der Waals surface area contributed by atoms with Crippen molar-refractivity contribution in [3.63, 3.8) is 0 Å². The number of ether oxygens (including phenoxy) is 1. The largest absolute Gasteiger partial charge is 0.378 e. The van der Waals surface area contributed by atoms with Gasteiger partial charge < -0.3 is 9.64 Å². The van der Waals surface area contributed by atoms with E-state index >= 15 is 0 Å². The summed E-state index contributed by atoms with van der Waals surface area (Å²) in [6.45, 7) is 7.13. The fourth-order valence-corrected chi connectivity index (χ4v) is 3.94. The second kappa shape index (κ2) is 8.47. The van der Waals surface area contributed by atoms with Gasteiger partial charge in [0, 0.05) is 54.7 Å². The third-order valence-electron chi connectivity index (χ3n) is 5.67. The van der Waals surface area contributed by atoms with Gasteiger partial charge in [0.25, 0.3) is 5.91 Å². The molecular formula is C24H24N6O2. The lowest BCUT2D eigenvalue weighted by Gasteiger charge is -2.26. The maximum Gasteiger partial charge on any atom is 0.254 e. The molecule has 1 fully saturated rings. The smallest absolute Gasteiger partial charge is 0.254 e. The highest BCUT2D eigenvalue weighted by atomic mass is 16.5. The van der Waals surface area contributed by atoms with Crippen molar-refractivity contribution in [3.05, 3.63) is 60.0 Å². The van der Waals surface area contributed by atoms with Crippen molar-refractivity contribution < 1.29 is 9.53 Å². The lowest BCUT2D eigenvalue weighted by atomic mass is 10.1. The molecule has 0 aliphatic carbocycles. The Balaban J connectivity index is 1.53. The number of rotatable bonds is 4. The molecule has 1 amide bonds. The molecule has 0 N–H and O–H groups in total. The zero-order valence-electron chi connectivity index (χ0n) is 18.2. The highest BCUT2D eigenvalue weighted by Gasteiger charge is 2.21. The molecule has 0 atom stereocenters. The van der Waals surface area contributed by atoms with Gasteiger partial charge in [-0.2, -0.15) is 5.10 Å². The molecule has 32 heavy (non-hydrogen) atoms. The van der Waals surface area contributed by atoms with Crippen LogP contribution >= 0.6 is 0 Å². The molecule has 0 bridgehead atoms. The summed E-state index contributed by atoms with van der Waals surface area (Å²) in [5.41, 5.74) is 5.07. The zero-order chi connectivity index (χ0) is 22.1. The van der Waals surface area contributed by atoms with Crippen LogP contribution in [0.4, 0.5) is 0 Å². The third-order valence-corrected chi connectivity index (χ3v) is 5.67. The quantitative estimate of drug-likeness (QED) is 0.495. The van der Waals surface area contributed by atoms with Crippen LogP contribution in [0.5, 0.6) is 0 Å². The van der Waals surface area contributed by atoms with E-state index in [1.165, 1.54) is 0 Å². The van der Waals surface area contributed by atoms with Crippen molar-refractivity contribution in [3.8, 4) is 22.8 Å². The Kier molecular flexibility index (Phi) is 5.36. The molecule has 1 aromatic carbocycles. The number of carbonyl (C=O) groups is 1. The third kappa shape index (κ3) is 3.73. The van der Waals surface area contributed by atoms with Crippen LogP contribution in [0.1, 0.15) is 22.8 Å². The molecule has 0 saturated carbocycles. The molecule has 0 unspecified atom stereocenters. The van der Waals surface area contributed by atoms with Crippen LogP contribution < -0.4 is 0 Å². The van der Waals surface area contributed by atoms with E-state index in [0.717, 1.165) is 27.7 Å². The number of nitrogens with zero attached hydrogens (tertiary/aromatic N) is 6. The first-order valence-corrected chi connectivity index (χ1v) is 10.8. The Morgan fingerprint density at radius 3 is 2.56 bits per heavy atom. The fourth-order valence-electron chi connectivity index (χ4n) is 3.94. The Bertz CT molecular complexity index is 1280. The first kappa shape index (κ1) is 20.3. The highest BCUT2D eigenvalue weighted by Crippen LogP contribution is 2.28. The van der Waals surface area contributed by atoms with Crippen LogP contribution in [0.15, 0.2) is 48.9 Å². The van der Waals surface area contributed by atoms with E-state index in [9.17, 15) is 4.79 Å². The van der Waals surface area contributed by atoms with Crippen molar-refractivity contribution >= 4 is 16.8 Å². The van der Waals surface area contributed by atoms with E-state index in [-0.39, 0.29) is 5.91 Å². The lowest BCUT2D eigenvalue weighted by Crippen LogP contribution is -2.40. The van der Waals surface area contributed by atoms with Crippen LogP contribution in [0, 0.1) is 6.92 Å². The van der Waals surface area contributed by atoms with Gasteiger partial charge in [-0.15, -0.1) is 0 Å². The molecule has 1 aliphatic rings. The number of fused-ring (bicyclic) bond motifs is 1. The van der Waals surface area contributed by atoms with E-state index in [1.54, 1.807) is 18.6 Å². The number of morpholine rings is 1. The van der Waals surface area contributed by atoms with Crippen LogP contribution in [-0.4, -0.2) is 61.8 Å². The van der Waals surface area contributed by atoms with E-state index < -0.39 is 0 Å². The summed E-state index contributed by atoms with van der Waals surface area (Å²) in [7, 11) is 0. The van der Waals surface area contributed by atoms with Crippen molar-refractivity contribution in [1.29, 1.82) is 0 Å². The highest BCUT2D eigenvalue weighted by molar-refractivity contribution is 6.01. The Labute approximate surface area is 185 Å². The average molecular weight is 428 g/mol. The molecule has 0 radical (unpaired) electrons. The predicted octanol–water partition coefficient (Wildman–Crippen LogP) is 3.36. The molecule has 4 aromatic rings. The summed E-state index contributed by atoms with van der Waals surface area (Å²) in [5, 5.41) is 5.61. The van der Waals surface area contributed by atoms with Gasteiger partial charge in [0.05, 0.1) is 24.4 Å². The number of carbonyl (C=O) groups excluding carboxylic acids is 1. The summed E-state index contributed by atoms with van der Waals surface area (Å²) < 4.78 is 7.28. The van der Waals surface area contributed by atoms with Gasteiger partial charge in [0.15, 0.2) is 5.82 Å². The summed E-state index contributed by atoms with van der Waals surface area (Å²) in [6.07, 6.45) is 5.31. The maximum atomic E-state index is 13.0. The van der Waals surface area contributed by atoms with E-state index in [4.69, 9.17) is 9.84 Å². The van der Waals surface area contributed by atoms with Crippen LogP contribution in [-0.2, 0) is 11.3 Å². The number of aromatic nitrogens is 5. The summed E-state index contributed by atoms with van der Waals surface area (Å²) >= 11 is 0. The number of amides is 1. The lowest BCUT2D eigenvalue weighted by molar-refractivity contribution is 0.0303. The molecule has 8 nitrogen and oxygen atoms in total. The second-order valence-corrected chi connectivity index (χ2v) is 7.81. The number of hydrogen-bond donors (Lipinski definition) is 0. The Morgan fingerprint density at radius 2 is 1.84 bits per heavy atom. The monoisotopic (exact) mass is 428 g/mol. The minimum Gasteiger partial charge on any atom is -0.378 e. The first-order chi connectivity index (χ1) is 15.6. The van der Waals surface area contributed by atoms with Crippen molar-refractivity contribution in [1.82, 2.24) is 29.6 Å². The van der Waals surface area contributed by atoms with Gasteiger partial charge in [0.2, 0.25) is 0 Å². The topological polar surface area (TPSA) is 86.0 Å². The molecule has 4 heterocycles. The molecule has 5 rings (SSSR count). The summed E-state index contributed by atoms with van der Waals surface area (Å²) in [5.74, 6) is 0.529. The minimum atomic E-state index is 0.00665. The maximum absolute atomic E-state index is 13.0. The summed E-state index contributed by atoms with van der Waals surface area (Å²) in [4.78, 5) is 28.4. The van der Waals surface area contributed by atoms with Crippen LogP contribution in [0.2, 0.25) is 0 Å². The average Bonchev–Trinajstić information content (AvgIpc) is 3.22. The predicted molar refractivity (Wildman–Crippen MR) is 121 cm³/mol. The number of aryl methyl sites for hydroxylation is 2. The minimum absolute atomic E-state index is 0.00665. The summed E-state index contributed by atoms with van der Waals surface area (Å²) in [6, 6.07) is 9.68. The van der Waals surface area contributed by atoms with Gasteiger partial charge in [-0.25, -0.2) is 9.97 Å². The number of hydrogen-bond acceptors (Lipinski definition) is 6. The van der Waals surface area contributed by atoms with Crippen LogP contribution in [0.3, 0.4) is 0 Å². The van der Waals surface area contributed by atoms with Gasteiger partial charge in [-0.1, -0.05) is 0 Å². The fraction of sp³-hybridized carbons (Fsp3) is 0.292. The van der Waals surface area contributed by atoms with Crippen molar-refractivity contribution in [2.24, 2.45) is 0 Å². The zero-order valence-corrected chi connectivity index (χ0v) is 18.2. The van der Waals surface area contributed by atoms with E-state index in [1.807, 2.05) is 53.8 Å². The van der Waals surface area contributed by atoms with Gasteiger partial charge in [0.1, 0.15) is 5.69 Å². The van der Waals surface area contributed by atoms with Crippen LogP contribution in [0.25, 0.3) is 33.7 Å². The molecule has 8 heteroatoms. The molecule has 1 saturated heterocycles. The second-order valence-electron chi connectivity index (χ2n) is 7.81. The molecule has 1 aliphatic heterocycles.